The Hall–Kier alpha value is -2.73. The lowest BCUT2D eigenvalue weighted by Gasteiger charge is -2.15. The Morgan fingerprint density at radius 3 is 2.84 bits per heavy atom. The fraction of sp³-hybridized carbons (Fsp3) is 0.263. The van der Waals surface area contributed by atoms with Crippen LogP contribution in [0.3, 0.4) is 0 Å². The first-order valence-electron chi connectivity index (χ1n) is 8.28. The van der Waals surface area contributed by atoms with E-state index in [2.05, 4.69) is 14.9 Å². The van der Waals surface area contributed by atoms with Gasteiger partial charge in [0.05, 0.1) is 16.6 Å². The number of hydrogen-bond donors (Lipinski definition) is 2. The minimum Gasteiger partial charge on any atom is -0.478 e. The van der Waals surface area contributed by atoms with Gasteiger partial charge < -0.3 is 10.1 Å². The average Bonchev–Trinajstić information content (AvgIpc) is 3.21. The molecule has 1 aliphatic rings. The Balaban J connectivity index is 1.44. The van der Waals surface area contributed by atoms with E-state index in [4.69, 9.17) is 5.11 Å². The van der Waals surface area contributed by atoms with Crippen LogP contribution in [0.4, 0.5) is 4.39 Å². The third-order valence-electron chi connectivity index (χ3n) is 4.73. The summed E-state index contributed by atoms with van der Waals surface area (Å²) >= 11 is 0. The van der Waals surface area contributed by atoms with Gasteiger partial charge in [0.1, 0.15) is 11.6 Å². The Kier molecular flexibility index (Phi) is 3.97. The predicted molar refractivity (Wildman–Crippen MR) is 92.1 cm³/mol. The molecule has 0 amide bonds. The summed E-state index contributed by atoms with van der Waals surface area (Å²) in [6.07, 6.45) is 0.996. The van der Waals surface area contributed by atoms with Crippen molar-refractivity contribution in [3.05, 3.63) is 65.2 Å². The van der Waals surface area contributed by atoms with Crippen LogP contribution in [-0.4, -0.2) is 39.0 Å². The first kappa shape index (κ1) is 15.8. The first-order chi connectivity index (χ1) is 12.1. The molecule has 1 saturated heterocycles. The van der Waals surface area contributed by atoms with Gasteiger partial charge in [-0.05, 0) is 48.9 Å². The summed E-state index contributed by atoms with van der Waals surface area (Å²) in [5, 5.41) is 8.95. The Bertz CT molecular complexity index is 920. The summed E-state index contributed by atoms with van der Waals surface area (Å²) in [4.78, 5) is 21.1. The maximum atomic E-state index is 13.3. The molecular weight excluding hydrogens is 321 g/mol. The fourth-order valence-electron chi connectivity index (χ4n) is 3.41. The number of carboxylic acids is 1. The number of aromatic nitrogens is 2. The van der Waals surface area contributed by atoms with E-state index in [0.29, 0.717) is 11.5 Å². The summed E-state index contributed by atoms with van der Waals surface area (Å²) in [5.41, 5.74) is 2.92. The number of hydrogen-bond acceptors (Lipinski definition) is 3. The number of rotatable bonds is 4. The molecule has 25 heavy (non-hydrogen) atoms. The summed E-state index contributed by atoms with van der Waals surface area (Å²) in [7, 11) is 0. The maximum absolute atomic E-state index is 13.3. The van der Waals surface area contributed by atoms with E-state index in [9.17, 15) is 9.18 Å². The number of nitrogens with one attached hydrogen (secondary N) is 1. The van der Waals surface area contributed by atoms with E-state index in [0.717, 1.165) is 48.5 Å². The topological polar surface area (TPSA) is 69.2 Å². The first-order valence-corrected chi connectivity index (χ1v) is 8.28. The molecule has 2 N–H and O–H groups in total. The quantitative estimate of drug-likeness (QED) is 0.764. The summed E-state index contributed by atoms with van der Waals surface area (Å²) in [6, 6.07) is 11.6. The van der Waals surface area contributed by atoms with E-state index >= 15 is 0 Å². The van der Waals surface area contributed by atoms with Crippen LogP contribution in [0.5, 0.6) is 0 Å². The van der Waals surface area contributed by atoms with Gasteiger partial charge in [-0.2, -0.15) is 0 Å². The van der Waals surface area contributed by atoms with Crippen LogP contribution in [0, 0.1) is 5.82 Å². The number of aromatic amines is 1. The standard InChI is InChI=1S/C19H18FN3O2/c20-15-5-6-16-17(9-15)22-18(21-16)14-7-8-23(11-14)10-12-1-3-13(4-2-12)19(24)25/h1-6,9,14H,7-8,10-11H2,(H,21,22)(H,24,25). The van der Waals surface area contributed by atoms with Crippen LogP contribution < -0.4 is 0 Å². The third-order valence-corrected chi connectivity index (χ3v) is 4.73. The molecule has 6 heteroatoms. The molecule has 1 unspecified atom stereocenters. The van der Waals surface area contributed by atoms with Crippen molar-refractivity contribution in [3.63, 3.8) is 0 Å². The minimum atomic E-state index is -0.908. The molecule has 1 fully saturated rings. The molecule has 0 spiro atoms. The summed E-state index contributed by atoms with van der Waals surface area (Å²) < 4.78 is 13.3. The van der Waals surface area contributed by atoms with Crippen LogP contribution in [-0.2, 0) is 6.54 Å². The number of fused-ring (bicyclic) bond motifs is 1. The number of carboxylic acid groups (broad SMARTS) is 1. The normalized spacial score (nSPS) is 18.0. The van der Waals surface area contributed by atoms with Gasteiger partial charge in [-0.3, -0.25) is 4.90 Å². The van der Waals surface area contributed by atoms with Gasteiger partial charge in [-0.1, -0.05) is 12.1 Å². The van der Waals surface area contributed by atoms with Crippen LogP contribution in [0.1, 0.15) is 34.1 Å². The van der Waals surface area contributed by atoms with Crippen LogP contribution in [0.25, 0.3) is 11.0 Å². The van der Waals surface area contributed by atoms with E-state index in [1.807, 2.05) is 12.1 Å². The molecule has 0 radical (unpaired) electrons. The smallest absolute Gasteiger partial charge is 0.335 e. The number of halogens is 1. The Labute approximate surface area is 144 Å². The molecule has 2 heterocycles. The largest absolute Gasteiger partial charge is 0.478 e. The van der Waals surface area contributed by atoms with Gasteiger partial charge in [0.2, 0.25) is 0 Å². The molecule has 4 rings (SSSR count). The van der Waals surface area contributed by atoms with Crippen molar-refractivity contribution in [2.75, 3.05) is 13.1 Å². The molecular formula is C19H18FN3O2. The molecule has 128 valence electrons. The van der Waals surface area contributed by atoms with Crippen molar-refractivity contribution in [3.8, 4) is 0 Å². The molecule has 5 nitrogen and oxygen atoms in total. The summed E-state index contributed by atoms with van der Waals surface area (Å²) in [6.45, 7) is 2.62. The fourth-order valence-corrected chi connectivity index (χ4v) is 3.41. The number of carbonyl (C=O) groups is 1. The van der Waals surface area contributed by atoms with Crippen molar-refractivity contribution in [2.45, 2.75) is 18.9 Å². The highest BCUT2D eigenvalue weighted by molar-refractivity contribution is 5.87. The number of aromatic carboxylic acids is 1. The van der Waals surface area contributed by atoms with Crippen molar-refractivity contribution < 1.29 is 14.3 Å². The average molecular weight is 339 g/mol. The molecule has 0 saturated carbocycles. The predicted octanol–water partition coefficient (Wildman–Crippen LogP) is 3.39. The van der Waals surface area contributed by atoms with Crippen molar-refractivity contribution in [1.82, 2.24) is 14.9 Å². The van der Waals surface area contributed by atoms with E-state index in [1.165, 1.54) is 12.1 Å². The monoisotopic (exact) mass is 339 g/mol. The van der Waals surface area contributed by atoms with Gasteiger partial charge >= 0.3 is 5.97 Å². The molecule has 1 aromatic heterocycles. The van der Waals surface area contributed by atoms with E-state index in [1.54, 1.807) is 18.2 Å². The Morgan fingerprint density at radius 2 is 2.08 bits per heavy atom. The number of H-pyrrole nitrogens is 1. The van der Waals surface area contributed by atoms with Crippen LogP contribution in [0.15, 0.2) is 42.5 Å². The zero-order valence-corrected chi connectivity index (χ0v) is 13.6. The molecule has 1 aliphatic heterocycles. The number of benzene rings is 2. The lowest BCUT2D eigenvalue weighted by Crippen LogP contribution is -2.20. The van der Waals surface area contributed by atoms with Crippen molar-refractivity contribution in [2.24, 2.45) is 0 Å². The molecule has 3 aromatic rings. The number of nitrogens with zero attached hydrogens (tertiary/aromatic N) is 2. The van der Waals surface area contributed by atoms with Crippen LogP contribution >= 0.6 is 0 Å². The highest BCUT2D eigenvalue weighted by Crippen LogP contribution is 2.28. The molecule has 1 atom stereocenters. The zero-order valence-electron chi connectivity index (χ0n) is 13.6. The van der Waals surface area contributed by atoms with Crippen molar-refractivity contribution >= 4 is 17.0 Å². The molecule has 2 aromatic carbocycles. The van der Waals surface area contributed by atoms with Gasteiger partial charge in [-0.15, -0.1) is 0 Å². The number of imidazole rings is 1. The van der Waals surface area contributed by atoms with Gasteiger partial charge in [0.15, 0.2) is 0 Å². The highest BCUT2D eigenvalue weighted by Gasteiger charge is 2.26. The SMILES string of the molecule is O=C(O)c1ccc(CN2CCC(c3nc4ccc(F)cc4[nH]3)C2)cc1. The lowest BCUT2D eigenvalue weighted by molar-refractivity contribution is 0.0697. The number of likely N-dealkylation sites (tertiary alicyclic amines) is 1. The van der Waals surface area contributed by atoms with Gasteiger partial charge in [-0.25, -0.2) is 14.2 Å². The van der Waals surface area contributed by atoms with E-state index < -0.39 is 5.97 Å². The maximum Gasteiger partial charge on any atom is 0.335 e. The van der Waals surface area contributed by atoms with Gasteiger partial charge in [0.25, 0.3) is 0 Å². The second-order valence-corrected chi connectivity index (χ2v) is 6.51. The second-order valence-electron chi connectivity index (χ2n) is 6.51. The minimum absolute atomic E-state index is 0.263. The lowest BCUT2D eigenvalue weighted by atomic mass is 10.1. The molecule has 0 aliphatic carbocycles. The third kappa shape index (κ3) is 3.25. The van der Waals surface area contributed by atoms with Gasteiger partial charge in [0, 0.05) is 19.0 Å². The molecule has 0 bridgehead atoms. The van der Waals surface area contributed by atoms with Crippen LogP contribution in [0.2, 0.25) is 0 Å². The second kappa shape index (κ2) is 6.29. The highest BCUT2D eigenvalue weighted by atomic mass is 19.1. The van der Waals surface area contributed by atoms with E-state index in [-0.39, 0.29) is 5.82 Å². The summed E-state index contributed by atoms with van der Waals surface area (Å²) in [5.74, 6) is 0.0349. The Morgan fingerprint density at radius 1 is 1.28 bits per heavy atom. The van der Waals surface area contributed by atoms with Crippen molar-refractivity contribution in [1.29, 1.82) is 0 Å². The zero-order chi connectivity index (χ0) is 17.4.